The van der Waals surface area contributed by atoms with Crippen LogP contribution in [0, 0.1) is 17.5 Å². The van der Waals surface area contributed by atoms with Crippen LogP contribution in [0.2, 0.25) is 0 Å². The smallest absolute Gasteiger partial charge is 0.254 e. The summed E-state index contributed by atoms with van der Waals surface area (Å²) in [4.78, 5) is 33.5. The number of fused-ring (bicyclic) bond motifs is 2. The van der Waals surface area contributed by atoms with Crippen LogP contribution in [-0.2, 0) is 68.0 Å². The van der Waals surface area contributed by atoms with Crippen LogP contribution in [0.5, 0.6) is 0 Å². The number of rotatable bonds is 26. The second-order valence-electron chi connectivity index (χ2n) is 22.4. The van der Waals surface area contributed by atoms with Crippen molar-refractivity contribution in [3.8, 4) is 22.8 Å². The number of sulfone groups is 1. The van der Waals surface area contributed by atoms with E-state index in [4.69, 9.17) is 20.2 Å². The van der Waals surface area contributed by atoms with Gasteiger partial charge in [-0.05, 0) is 162 Å². The topological polar surface area (TPSA) is 241 Å². The lowest BCUT2D eigenvalue weighted by Crippen LogP contribution is -2.14. The molecule has 0 saturated heterocycles. The Kier molecular flexibility index (Phi) is 17.5. The van der Waals surface area contributed by atoms with Gasteiger partial charge >= 0.3 is 0 Å². The first kappa shape index (κ1) is 60.3. The van der Waals surface area contributed by atoms with Crippen LogP contribution >= 0.6 is 23.5 Å². The average molecular weight is 1300 g/mol. The number of hydrogen-bond donors (Lipinski definition) is 4. The molecule has 0 atom stereocenters. The highest BCUT2D eigenvalue weighted by molar-refractivity contribution is 7.99. The zero-order valence-corrected chi connectivity index (χ0v) is 52.2. The molecule has 0 bridgehead atoms. The van der Waals surface area contributed by atoms with E-state index in [9.17, 15) is 13.2 Å². The molecule has 0 amide bonds. The van der Waals surface area contributed by atoms with E-state index in [1.165, 1.54) is 59.9 Å². The van der Waals surface area contributed by atoms with Crippen molar-refractivity contribution in [1.82, 2.24) is 84.2 Å². The van der Waals surface area contributed by atoms with Gasteiger partial charge in [0, 0.05) is 108 Å². The fourth-order valence-corrected chi connectivity index (χ4v) is 14.7. The van der Waals surface area contributed by atoms with E-state index in [1.807, 2.05) is 77.9 Å². The van der Waals surface area contributed by atoms with Gasteiger partial charge in [-0.25, -0.2) is 36.5 Å². The lowest BCUT2D eigenvalue weighted by Gasteiger charge is -2.12. The highest BCUT2D eigenvalue weighted by Gasteiger charge is 2.29. The summed E-state index contributed by atoms with van der Waals surface area (Å²) >= 11 is 2.82. The third kappa shape index (κ3) is 13.6. The number of nitrogens with one attached hydrogen (secondary N) is 4. The largest absolute Gasteiger partial charge is 0.361 e. The summed E-state index contributed by atoms with van der Waals surface area (Å²) < 4.78 is 77.7. The second kappa shape index (κ2) is 26.9. The summed E-state index contributed by atoms with van der Waals surface area (Å²) in [6, 6.07) is 40.0. The number of aromatic amines is 4. The molecular weight excluding hydrogens is 1240 g/mol. The number of hydrogen-bond acceptors (Lipinski definition) is 14. The first-order valence-corrected chi connectivity index (χ1v) is 33.3. The highest BCUT2D eigenvalue weighted by atomic mass is 32.2. The number of halogens is 3. The van der Waals surface area contributed by atoms with Crippen LogP contribution in [0.4, 0.5) is 13.2 Å². The molecule has 0 aliphatic rings. The van der Waals surface area contributed by atoms with E-state index in [1.54, 1.807) is 71.8 Å². The second-order valence-corrected chi connectivity index (χ2v) is 26.3. The van der Waals surface area contributed by atoms with Gasteiger partial charge in [0.1, 0.15) is 46.6 Å². The Morgan fingerprint density at radius 3 is 1.94 bits per heavy atom. The van der Waals surface area contributed by atoms with Gasteiger partial charge in [0.25, 0.3) is 5.16 Å². The summed E-state index contributed by atoms with van der Waals surface area (Å²) in [6.07, 6.45) is 17.6. The number of nitrogens with zero attached hydrogens (tertiary/aromatic N) is 13. The van der Waals surface area contributed by atoms with Gasteiger partial charge in [0.05, 0.1) is 28.3 Å². The lowest BCUT2D eigenvalue weighted by atomic mass is 10.0. The maximum absolute atomic E-state index is 15.0. The van der Waals surface area contributed by atoms with Crippen molar-refractivity contribution in [3.63, 3.8) is 0 Å². The van der Waals surface area contributed by atoms with Gasteiger partial charge in [0.15, 0.2) is 10.3 Å². The summed E-state index contributed by atoms with van der Waals surface area (Å²) in [5.74, 6) is 2.12. The third-order valence-electron chi connectivity index (χ3n) is 16.1. The Morgan fingerprint density at radius 2 is 1.16 bits per heavy atom. The lowest BCUT2D eigenvalue weighted by molar-refractivity contribution is 0.538. The molecule has 4 N–H and O–H groups in total. The fraction of sp³-hybridized carbons (Fsp3) is 0.176. The van der Waals surface area contributed by atoms with Gasteiger partial charge in [-0.2, -0.15) is 0 Å². The van der Waals surface area contributed by atoms with Gasteiger partial charge in [0.2, 0.25) is 9.84 Å². The molecule has 0 saturated carbocycles. The van der Waals surface area contributed by atoms with Crippen LogP contribution in [0.1, 0.15) is 70.5 Å². The van der Waals surface area contributed by atoms with Crippen molar-refractivity contribution >= 4 is 55.0 Å². The van der Waals surface area contributed by atoms with Crippen LogP contribution in [0.3, 0.4) is 0 Å². The Bertz CT molecular complexity index is 4970. The van der Waals surface area contributed by atoms with Crippen molar-refractivity contribution in [2.45, 2.75) is 108 Å². The van der Waals surface area contributed by atoms with Gasteiger partial charge in [-0.1, -0.05) is 66.7 Å². The third-order valence-corrected chi connectivity index (χ3v) is 19.8. The zero-order chi connectivity index (χ0) is 63.3. The van der Waals surface area contributed by atoms with Crippen molar-refractivity contribution in [1.29, 1.82) is 0 Å². The molecule has 0 radical (unpaired) electrons. The van der Waals surface area contributed by atoms with Gasteiger partial charge < -0.3 is 33.6 Å². The molecule has 25 heteroatoms. The fourth-order valence-electron chi connectivity index (χ4n) is 11.5. The Morgan fingerprint density at radius 1 is 0.516 bits per heavy atom. The number of imidazole rings is 3. The number of aryl methyl sites for hydroxylation is 3. The highest BCUT2D eigenvalue weighted by Crippen LogP contribution is 2.36. The Labute approximate surface area is 539 Å². The molecule has 6 aromatic carbocycles. The Hall–Kier alpha value is -10.2. The van der Waals surface area contributed by atoms with E-state index in [2.05, 4.69) is 60.9 Å². The molecule has 0 fully saturated rings. The number of aromatic nitrogens is 17. The minimum Gasteiger partial charge on any atom is -0.361 e. The summed E-state index contributed by atoms with van der Waals surface area (Å²) in [6.45, 7) is 1.42. The number of H-pyrrole nitrogens is 4. The first-order valence-electron chi connectivity index (χ1n) is 30.2. The van der Waals surface area contributed by atoms with Crippen molar-refractivity contribution in [2.75, 3.05) is 0 Å². The van der Waals surface area contributed by atoms with Crippen molar-refractivity contribution in [2.24, 2.45) is 0 Å². The van der Waals surface area contributed by atoms with Crippen LogP contribution < -0.4 is 0 Å². The molecule has 466 valence electrons. The quantitative estimate of drug-likeness (QED) is 0.0394. The summed E-state index contributed by atoms with van der Waals surface area (Å²) in [7, 11) is -4.27. The first-order chi connectivity index (χ1) is 45.5. The normalized spacial score (nSPS) is 11.9. The zero-order valence-electron chi connectivity index (χ0n) is 49.8. The standard InChI is InChI=1S/C68H58F3N17O2S3/c69-48-19-17-43(18-20-48)32-61-80-83-66(91-54-24-21-49(70)22-25-54)86(61)30-6-13-52-39-75-64(78-52)46-11-4-15-55(33-46)93(89,90)68-85-82-63(34-45-10-3-9-44-8-1-2-16-56(44)45)88(68)31-7-14-53-40-76-65(79-53)58-27-28-72-41-60(58)92-67-84-81-62(87(67)29-5-12-51-38-73-42-77-51)35-47-37-74-59-36-50(71)23-26-57(47)59/h1-4,8-11,15-28,33,36-42,74H,5-7,12-14,29-32,34-35H2,(H,73,77)(H,75,78)(H,76,79). The van der Waals surface area contributed by atoms with E-state index >= 15 is 8.42 Å². The van der Waals surface area contributed by atoms with E-state index in [-0.39, 0.29) is 34.0 Å². The predicted octanol–water partition coefficient (Wildman–Crippen LogP) is 13.2. The SMILES string of the molecule is O=S(=O)(c1cccc(-c2nc(CCCn3c(Cc4ccc(F)cc4)nnc3Sc3ccc(F)cc3)c[nH]2)c1)c1nnc(Cc2cccc3ccccc23)n1CCCc1c[nH]c(-c2ccncc2Sc2nnc(Cc3c[nH]c4cc(F)ccc34)n2CCCc2c[nH]cn2)n1. The van der Waals surface area contributed by atoms with Crippen LogP contribution in [0.25, 0.3) is 44.5 Å². The van der Waals surface area contributed by atoms with E-state index in [0.717, 1.165) is 84.0 Å². The molecule has 93 heavy (non-hydrogen) atoms. The predicted molar refractivity (Wildman–Crippen MR) is 347 cm³/mol. The molecule has 8 heterocycles. The summed E-state index contributed by atoms with van der Waals surface area (Å²) in [5, 5.41) is 31.6. The average Bonchev–Trinajstić information content (AvgIpc) is 1.75. The van der Waals surface area contributed by atoms with E-state index in [0.29, 0.717) is 103 Å². The molecule has 0 aliphatic heterocycles. The van der Waals surface area contributed by atoms with Gasteiger partial charge in [-0.3, -0.25) is 4.98 Å². The van der Waals surface area contributed by atoms with Crippen molar-refractivity contribution in [3.05, 3.63) is 252 Å². The summed E-state index contributed by atoms with van der Waals surface area (Å²) in [5.41, 5.74) is 7.44. The monoisotopic (exact) mass is 1300 g/mol. The molecule has 14 aromatic rings. The Balaban J connectivity index is 0.685. The minimum absolute atomic E-state index is 0.0364. The molecular formula is C68H58F3N17O2S3. The van der Waals surface area contributed by atoms with Crippen LogP contribution in [-0.4, -0.2) is 92.6 Å². The van der Waals surface area contributed by atoms with Crippen molar-refractivity contribution < 1.29 is 21.6 Å². The molecule has 0 aliphatic carbocycles. The minimum atomic E-state index is -4.27. The molecule has 14 rings (SSSR count). The number of pyridine rings is 1. The van der Waals surface area contributed by atoms with E-state index < -0.39 is 9.84 Å². The maximum atomic E-state index is 15.0. The number of benzene rings is 6. The molecule has 8 aromatic heterocycles. The molecule has 19 nitrogen and oxygen atoms in total. The van der Waals surface area contributed by atoms with Crippen LogP contribution in [0.15, 0.2) is 213 Å². The molecule has 0 spiro atoms. The van der Waals surface area contributed by atoms with Gasteiger partial charge in [-0.15, -0.1) is 30.6 Å². The maximum Gasteiger partial charge on any atom is 0.254 e. The molecule has 0 unspecified atom stereocenters.